The van der Waals surface area contributed by atoms with Gasteiger partial charge < -0.3 is 15.2 Å². The van der Waals surface area contributed by atoms with Crippen LogP contribution in [0.5, 0.6) is 0 Å². The molecule has 1 aliphatic rings. The lowest BCUT2D eigenvalue weighted by Gasteiger charge is -2.07. The Morgan fingerprint density at radius 1 is 1.13 bits per heavy atom. The van der Waals surface area contributed by atoms with E-state index >= 15 is 0 Å². The van der Waals surface area contributed by atoms with Gasteiger partial charge in [0.25, 0.3) is 0 Å². The summed E-state index contributed by atoms with van der Waals surface area (Å²) in [5, 5.41) is 14.6. The zero-order valence-corrected chi connectivity index (χ0v) is 15.5. The number of halogens is 2. The minimum Gasteiger partial charge on any atom is -0.356 e. The molecule has 23 heavy (non-hydrogen) atoms. The molecule has 2 N–H and O–H groups in total. The molecule has 0 atom stereocenters. The van der Waals surface area contributed by atoms with Crippen molar-refractivity contribution in [2.24, 2.45) is 0 Å². The van der Waals surface area contributed by atoms with Gasteiger partial charge in [-0.25, -0.2) is 0 Å². The van der Waals surface area contributed by atoms with E-state index < -0.39 is 0 Å². The molecule has 1 aromatic heterocycles. The van der Waals surface area contributed by atoms with E-state index in [-0.39, 0.29) is 30.7 Å². The number of carbonyl (C=O) groups excluding carboxylic acids is 1. The van der Waals surface area contributed by atoms with E-state index in [2.05, 4.69) is 25.4 Å². The number of hydrogen-bond donors (Lipinski definition) is 2. The number of rotatable bonds is 8. The van der Waals surface area contributed by atoms with Gasteiger partial charge in [0, 0.05) is 32.4 Å². The molecule has 0 radical (unpaired) electrons. The Bertz CT molecular complexity index is 453. The van der Waals surface area contributed by atoms with E-state index in [1.54, 1.807) is 0 Å². The summed E-state index contributed by atoms with van der Waals surface area (Å²) < 4.78 is 2.28. The summed E-state index contributed by atoms with van der Waals surface area (Å²) in [5.74, 6) is 2.36. The van der Waals surface area contributed by atoms with Crippen molar-refractivity contribution in [1.29, 1.82) is 0 Å². The predicted octanol–water partition coefficient (Wildman–Crippen LogP) is 1.90. The van der Waals surface area contributed by atoms with Crippen molar-refractivity contribution in [2.45, 2.75) is 57.9 Å². The van der Waals surface area contributed by atoms with Crippen LogP contribution in [0.15, 0.2) is 0 Å². The van der Waals surface area contributed by atoms with Gasteiger partial charge in [-0.3, -0.25) is 4.79 Å². The molecule has 1 amide bonds. The van der Waals surface area contributed by atoms with Crippen molar-refractivity contribution in [3.63, 3.8) is 0 Å². The van der Waals surface area contributed by atoms with Crippen LogP contribution in [0.3, 0.4) is 0 Å². The minimum absolute atomic E-state index is 0. The van der Waals surface area contributed by atoms with Gasteiger partial charge in [0.2, 0.25) is 5.91 Å². The zero-order chi connectivity index (χ0) is 14.9. The molecule has 8 heteroatoms. The van der Waals surface area contributed by atoms with E-state index in [1.165, 1.54) is 19.3 Å². The van der Waals surface area contributed by atoms with Crippen LogP contribution in [0.2, 0.25) is 0 Å². The van der Waals surface area contributed by atoms with E-state index in [9.17, 15) is 4.79 Å². The van der Waals surface area contributed by atoms with Gasteiger partial charge in [0.1, 0.15) is 11.6 Å². The van der Waals surface area contributed by atoms with Gasteiger partial charge >= 0.3 is 0 Å². The average molecular weight is 366 g/mol. The third-order valence-corrected chi connectivity index (χ3v) is 3.92. The third kappa shape index (κ3) is 7.50. The quantitative estimate of drug-likeness (QED) is 0.690. The molecule has 1 aromatic rings. The number of fused-ring (bicyclic) bond motifs is 1. The van der Waals surface area contributed by atoms with Crippen LogP contribution >= 0.6 is 24.8 Å². The second-order valence-electron chi connectivity index (χ2n) is 5.66. The lowest BCUT2D eigenvalue weighted by molar-refractivity contribution is -0.121. The first-order chi connectivity index (χ1) is 10.3. The van der Waals surface area contributed by atoms with E-state index in [0.29, 0.717) is 6.42 Å². The van der Waals surface area contributed by atoms with Gasteiger partial charge in [-0.05, 0) is 39.3 Å². The van der Waals surface area contributed by atoms with Crippen molar-refractivity contribution in [1.82, 2.24) is 25.4 Å². The normalized spacial score (nSPS) is 13.3. The van der Waals surface area contributed by atoms with Crippen LogP contribution in [0.25, 0.3) is 0 Å². The topological polar surface area (TPSA) is 71.8 Å². The lowest BCUT2D eigenvalue weighted by Crippen LogP contribution is -2.25. The number of nitrogens with one attached hydrogen (secondary N) is 2. The summed E-state index contributed by atoms with van der Waals surface area (Å²) in [5.41, 5.74) is 0. The first kappa shape index (κ1) is 22.1. The monoisotopic (exact) mass is 365 g/mol. The van der Waals surface area contributed by atoms with Crippen LogP contribution in [0, 0.1) is 0 Å². The average Bonchev–Trinajstić information content (AvgIpc) is 2.71. The van der Waals surface area contributed by atoms with E-state index in [0.717, 1.165) is 57.0 Å². The molecule has 2 rings (SSSR count). The molecule has 0 spiro atoms. The van der Waals surface area contributed by atoms with E-state index in [1.807, 2.05) is 7.05 Å². The molecule has 0 saturated heterocycles. The predicted molar refractivity (Wildman–Crippen MR) is 96.6 cm³/mol. The first-order valence-corrected chi connectivity index (χ1v) is 8.13. The van der Waals surface area contributed by atoms with Crippen LogP contribution in [-0.4, -0.2) is 40.8 Å². The highest BCUT2D eigenvalue weighted by molar-refractivity contribution is 5.85. The van der Waals surface area contributed by atoms with Crippen molar-refractivity contribution in [2.75, 3.05) is 20.1 Å². The first-order valence-electron chi connectivity index (χ1n) is 8.13. The van der Waals surface area contributed by atoms with Crippen LogP contribution in [0.4, 0.5) is 0 Å². The number of amides is 1. The molecule has 0 aliphatic carbocycles. The highest BCUT2D eigenvalue weighted by atomic mass is 35.5. The van der Waals surface area contributed by atoms with Crippen molar-refractivity contribution >= 4 is 30.7 Å². The molecule has 2 heterocycles. The van der Waals surface area contributed by atoms with Crippen molar-refractivity contribution in [3.05, 3.63) is 11.6 Å². The van der Waals surface area contributed by atoms with Crippen LogP contribution in [0.1, 0.15) is 50.2 Å². The molecule has 0 saturated carbocycles. The highest BCUT2D eigenvalue weighted by Gasteiger charge is 2.14. The summed E-state index contributed by atoms with van der Waals surface area (Å²) in [6.07, 6.45) is 8.09. The second-order valence-corrected chi connectivity index (χ2v) is 5.66. The van der Waals surface area contributed by atoms with Gasteiger partial charge in [0.05, 0.1) is 0 Å². The number of nitrogens with zero attached hydrogens (tertiary/aromatic N) is 3. The Labute approximate surface area is 151 Å². The molecular weight excluding hydrogens is 337 g/mol. The number of aryl methyl sites for hydroxylation is 2. The third-order valence-electron chi connectivity index (χ3n) is 3.92. The van der Waals surface area contributed by atoms with Gasteiger partial charge in [-0.1, -0.05) is 6.42 Å². The van der Waals surface area contributed by atoms with E-state index in [4.69, 9.17) is 0 Å². The SMILES string of the molecule is CNCCCC(=O)NCCCc1nnc2n1CCCCC2.Cl.Cl. The van der Waals surface area contributed by atoms with Crippen molar-refractivity contribution in [3.8, 4) is 0 Å². The maximum Gasteiger partial charge on any atom is 0.220 e. The summed E-state index contributed by atoms with van der Waals surface area (Å²) in [6.45, 7) is 2.66. The Balaban J connectivity index is 0.00000242. The molecule has 1 aliphatic heterocycles. The molecule has 0 fully saturated rings. The molecule has 0 bridgehead atoms. The summed E-state index contributed by atoms with van der Waals surface area (Å²) in [6, 6.07) is 0. The Morgan fingerprint density at radius 3 is 2.74 bits per heavy atom. The maximum absolute atomic E-state index is 11.6. The zero-order valence-electron chi connectivity index (χ0n) is 13.8. The van der Waals surface area contributed by atoms with Gasteiger partial charge in [0.15, 0.2) is 0 Å². The van der Waals surface area contributed by atoms with Crippen LogP contribution < -0.4 is 10.6 Å². The summed E-state index contributed by atoms with van der Waals surface area (Å²) >= 11 is 0. The standard InChI is InChI=1S/C15H27N5O.2ClH/c1-16-10-6-9-15(21)17-11-5-8-14-19-18-13-7-3-2-4-12-20(13)14;;/h16H,2-12H2,1H3,(H,17,21);2*1H. The number of carbonyl (C=O) groups is 1. The Hall–Kier alpha value is -0.850. The fraction of sp³-hybridized carbons (Fsp3) is 0.800. The van der Waals surface area contributed by atoms with Crippen LogP contribution in [-0.2, 0) is 24.2 Å². The fourth-order valence-electron chi connectivity index (χ4n) is 2.72. The molecular formula is C15H29Cl2N5O. The summed E-state index contributed by atoms with van der Waals surface area (Å²) in [4.78, 5) is 11.6. The minimum atomic E-state index is 0. The van der Waals surface area contributed by atoms with Crippen molar-refractivity contribution < 1.29 is 4.79 Å². The lowest BCUT2D eigenvalue weighted by atomic mass is 10.2. The summed E-state index contributed by atoms with van der Waals surface area (Å²) in [7, 11) is 1.90. The molecule has 134 valence electrons. The Kier molecular flexibility index (Phi) is 12.1. The highest BCUT2D eigenvalue weighted by Crippen LogP contribution is 2.15. The van der Waals surface area contributed by atoms with Gasteiger partial charge in [-0.15, -0.1) is 35.0 Å². The number of aromatic nitrogens is 3. The smallest absolute Gasteiger partial charge is 0.220 e. The Morgan fingerprint density at radius 2 is 1.96 bits per heavy atom. The largest absolute Gasteiger partial charge is 0.356 e. The second kappa shape index (κ2) is 12.6. The molecule has 6 nitrogen and oxygen atoms in total. The van der Waals surface area contributed by atoms with Gasteiger partial charge in [-0.2, -0.15) is 0 Å². The fourth-order valence-corrected chi connectivity index (χ4v) is 2.72. The molecule has 0 aromatic carbocycles. The molecule has 0 unspecified atom stereocenters. The maximum atomic E-state index is 11.6. The number of hydrogen-bond acceptors (Lipinski definition) is 4.